The van der Waals surface area contributed by atoms with E-state index in [0.717, 1.165) is 30.6 Å². The van der Waals surface area contributed by atoms with Crippen LogP contribution < -0.4 is 9.47 Å². The summed E-state index contributed by atoms with van der Waals surface area (Å²) in [4.78, 5) is 28.7. The van der Waals surface area contributed by atoms with Crippen molar-refractivity contribution < 1.29 is 38.7 Å². The SMILES string of the molecule is CCCCn1ncc(/C=C(\CC2(OC)C=CC3=C(CCO3)C2)C(=O)O)c1-c1ccc(OC)cc1OCc1ncccc1C(=O)O. The number of unbranched alkanes of at least 4 members (excludes halogenated alkanes) is 1. The lowest BCUT2D eigenvalue weighted by atomic mass is 9.82. The Kier molecular flexibility index (Phi) is 9.68. The summed E-state index contributed by atoms with van der Waals surface area (Å²) in [6.07, 6.45) is 11.8. The van der Waals surface area contributed by atoms with Crippen LogP contribution >= 0.6 is 0 Å². The Morgan fingerprint density at radius 1 is 1.20 bits per heavy atom. The maximum atomic E-state index is 12.7. The fraction of sp³-hybridized carbons (Fsp3) is 0.353. The van der Waals surface area contributed by atoms with E-state index in [1.807, 2.05) is 22.9 Å². The van der Waals surface area contributed by atoms with Crippen molar-refractivity contribution in [2.75, 3.05) is 20.8 Å². The molecular formula is C34H37N3O8. The van der Waals surface area contributed by atoms with Gasteiger partial charge in [0.2, 0.25) is 0 Å². The Morgan fingerprint density at radius 2 is 2.04 bits per heavy atom. The molecule has 1 aliphatic carbocycles. The molecule has 0 amide bonds. The second-order valence-corrected chi connectivity index (χ2v) is 11.0. The van der Waals surface area contributed by atoms with Crippen molar-refractivity contribution in [3.05, 3.63) is 88.6 Å². The van der Waals surface area contributed by atoms with Crippen molar-refractivity contribution >= 4 is 18.0 Å². The summed E-state index contributed by atoms with van der Waals surface area (Å²) in [5.41, 5.74) is 2.67. The molecule has 0 radical (unpaired) electrons. The van der Waals surface area contributed by atoms with Crippen LogP contribution in [0.2, 0.25) is 0 Å². The van der Waals surface area contributed by atoms with Gasteiger partial charge in [0.15, 0.2) is 0 Å². The Hall–Kier alpha value is -4.90. The molecule has 2 N–H and O–H groups in total. The van der Waals surface area contributed by atoms with E-state index in [1.165, 1.54) is 12.3 Å². The van der Waals surface area contributed by atoms with Gasteiger partial charge in [0, 0.05) is 61.9 Å². The van der Waals surface area contributed by atoms with Crippen molar-refractivity contribution in [3.8, 4) is 22.8 Å². The first-order chi connectivity index (χ1) is 21.8. The molecular weight excluding hydrogens is 578 g/mol. The number of aromatic carboxylic acids is 1. The first-order valence-corrected chi connectivity index (χ1v) is 14.8. The van der Waals surface area contributed by atoms with Gasteiger partial charge in [-0.3, -0.25) is 9.67 Å². The van der Waals surface area contributed by atoms with Gasteiger partial charge in [-0.2, -0.15) is 5.10 Å². The Bertz CT molecular complexity index is 1670. The van der Waals surface area contributed by atoms with E-state index in [1.54, 1.807) is 44.7 Å². The van der Waals surface area contributed by atoms with Gasteiger partial charge >= 0.3 is 11.9 Å². The molecule has 5 rings (SSSR count). The minimum Gasteiger partial charge on any atom is -0.497 e. The number of carboxylic acid groups (broad SMARTS) is 2. The first kappa shape index (κ1) is 31.5. The number of aliphatic carboxylic acids is 1. The van der Waals surface area contributed by atoms with Crippen molar-refractivity contribution in [1.29, 1.82) is 0 Å². The highest BCUT2D eigenvalue weighted by Crippen LogP contribution is 2.41. The van der Waals surface area contributed by atoms with Gasteiger partial charge in [0.1, 0.15) is 23.9 Å². The van der Waals surface area contributed by atoms with E-state index in [0.29, 0.717) is 47.9 Å². The Labute approximate surface area is 261 Å². The van der Waals surface area contributed by atoms with Crippen molar-refractivity contribution in [2.45, 2.75) is 57.8 Å². The van der Waals surface area contributed by atoms with Gasteiger partial charge in [-0.05, 0) is 54.5 Å². The van der Waals surface area contributed by atoms with Crippen LogP contribution in [0.3, 0.4) is 0 Å². The fourth-order valence-electron chi connectivity index (χ4n) is 5.65. The highest BCUT2D eigenvalue weighted by atomic mass is 16.5. The summed E-state index contributed by atoms with van der Waals surface area (Å²) >= 11 is 0. The second kappa shape index (κ2) is 13.8. The molecule has 3 heterocycles. The third-order valence-corrected chi connectivity index (χ3v) is 8.08. The first-order valence-electron chi connectivity index (χ1n) is 14.8. The van der Waals surface area contributed by atoms with Crippen LogP contribution in [0.4, 0.5) is 0 Å². The standard InChI is InChI=1S/C34H37N3O8/c1-4-5-14-37-31(27-9-8-25(42-2)17-30(27)45-21-28-26(33(40)41)7-6-13-35-28)24(20-36-37)16-23(32(38)39)19-34(43-3)12-10-29-22(18-34)11-15-44-29/h6-10,12-13,16-17,20H,4-5,11,14-15,18-19,21H2,1-3H3,(H,38,39)(H,40,41)/b23-16+. The normalized spacial score (nSPS) is 17.6. The average Bonchev–Trinajstić information content (AvgIpc) is 3.68. The number of methoxy groups -OCH3 is 2. The van der Waals surface area contributed by atoms with Crippen molar-refractivity contribution in [3.63, 3.8) is 0 Å². The third kappa shape index (κ3) is 6.93. The third-order valence-electron chi connectivity index (χ3n) is 8.08. The van der Waals surface area contributed by atoms with Gasteiger partial charge < -0.3 is 29.2 Å². The molecule has 236 valence electrons. The average molecular weight is 616 g/mol. The molecule has 2 aliphatic rings. The van der Waals surface area contributed by atoms with Gasteiger partial charge in [-0.1, -0.05) is 13.3 Å². The van der Waals surface area contributed by atoms with Crippen LogP contribution in [-0.4, -0.2) is 63.3 Å². The van der Waals surface area contributed by atoms with Crippen LogP contribution in [0.15, 0.2) is 71.8 Å². The molecule has 0 fully saturated rings. The number of allylic oxidation sites excluding steroid dienone is 1. The summed E-state index contributed by atoms with van der Waals surface area (Å²) in [6, 6.07) is 8.36. The summed E-state index contributed by atoms with van der Waals surface area (Å²) in [5, 5.41) is 24.6. The van der Waals surface area contributed by atoms with Crippen LogP contribution in [0, 0.1) is 0 Å². The van der Waals surface area contributed by atoms with E-state index >= 15 is 0 Å². The number of ether oxygens (including phenoxy) is 4. The molecule has 2 aromatic heterocycles. The van der Waals surface area contributed by atoms with Crippen LogP contribution in [0.1, 0.15) is 60.6 Å². The van der Waals surface area contributed by atoms with E-state index in [4.69, 9.17) is 18.9 Å². The van der Waals surface area contributed by atoms with Gasteiger partial charge in [-0.15, -0.1) is 0 Å². The van der Waals surface area contributed by atoms with Crippen LogP contribution in [0.5, 0.6) is 11.5 Å². The molecule has 1 aliphatic heterocycles. The highest BCUT2D eigenvalue weighted by molar-refractivity contribution is 5.94. The highest BCUT2D eigenvalue weighted by Gasteiger charge is 2.36. The zero-order valence-corrected chi connectivity index (χ0v) is 25.6. The predicted molar refractivity (Wildman–Crippen MR) is 166 cm³/mol. The molecule has 1 atom stereocenters. The number of hydrogen-bond acceptors (Lipinski definition) is 8. The minimum absolute atomic E-state index is 0.0422. The Balaban J connectivity index is 1.55. The molecule has 0 bridgehead atoms. The van der Waals surface area contributed by atoms with Crippen molar-refractivity contribution in [2.24, 2.45) is 0 Å². The Morgan fingerprint density at radius 3 is 2.78 bits per heavy atom. The molecule has 0 saturated heterocycles. The summed E-state index contributed by atoms with van der Waals surface area (Å²) in [5.74, 6) is -0.376. The zero-order chi connectivity index (χ0) is 32.0. The molecule has 0 spiro atoms. The number of carbonyl (C=O) groups is 2. The van der Waals surface area contributed by atoms with Crippen LogP contribution in [-0.2, 0) is 27.4 Å². The maximum Gasteiger partial charge on any atom is 0.337 e. The summed E-state index contributed by atoms with van der Waals surface area (Å²) in [7, 11) is 3.14. The molecule has 11 heteroatoms. The number of hydrogen-bond donors (Lipinski definition) is 2. The maximum absolute atomic E-state index is 12.7. The van der Waals surface area contributed by atoms with E-state index < -0.39 is 17.5 Å². The predicted octanol–water partition coefficient (Wildman–Crippen LogP) is 5.91. The van der Waals surface area contributed by atoms with Gasteiger partial charge in [0.25, 0.3) is 0 Å². The lowest BCUT2D eigenvalue weighted by Crippen LogP contribution is -2.33. The lowest BCUT2D eigenvalue weighted by molar-refractivity contribution is -0.133. The lowest BCUT2D eigenvalue weighted by Gasteiger charge is -2.32. The second-order valence-electron chi connectivity index (χ2n) is 11.0. The topological polar surface area (TPSA) is 142 Å². The van der Waals surface area contributed by atoms with Crippen LogP contribution in [0.25, 0.3) is 17.3 Å². The van der Waals surface area contributed by atoms with Gasteiger partial charge in [0.05, 0.1) is 42.5 Å². The molecule has 3 aromatic rings. The number of nitrogens with zero attached hydrogens (tertiary/aromatic N) is 3. The quantitative estimate of drug-likeness (QED) is 0.210. The number of aryl methyl sites for hydroxylation is 1. The van der Waals surface area contributed by atoms with Crippen molar-refractivity contribution in [1.82, 2.24) is 14.8 Å². The van der Waals surface area contributed by atoms with E-state index in [9.17, 15) is 19.8 Å². The van der Waals surface area contributed by atoms with E-state index in [-0.39, 0.29) is 29.9 Å². The number of rotatable bonds is 14. The molecule has 45 heavy (non-hydrogen) atoms. The molecule has 1 aromatic carbocycles. The number of aromatic nitrogens is 3. The van der Waals surface area contributed by atoms with Gasteiger partial charge in [-0.25, -0.2) is 9.59 Å². The number of benzene rings is 1. The fourth-order valence-corrected chi connectivity index (χ4v) is 5.65. The smallest absolute Gasteiger partial charge is 0.337 e. The number of carboxylic acids is 2. The molecule has 11 nitrogen and oxygen atoms in total. The minimum atomic E-state index is -1.10. The monoisotopic (exact) mass is 615 g/mol. The summed E-state index contributed by atoms with van der Waals surface area (Å²) < 4.78 is 25.1. The largest absolute Gasteiger partial charge is 0.497 e. The molecule has 0 saturated carbocycles. The zero-order valence-electron chi connectivity index (χ0n) is 25.6. The number of pyridine rings is 1. The molecule has 1 unspecified atom stereocenters. The summed E-state index contributed by atoms with van der Waals surface area (Å²) in [6.45, 7) is 3.18. The van der Waals surface area contributed by atoms with E-state index in [2.05, 4.69) is 17.0 Å².